The number of ether oxygens (including phenoxy) is 1. The summed E-state index contributed by atoms with van der Waals surface area (Å²) in [4.78, 5) is 25.6. The molecule has 0 fully saturated rings. The first-order valence-electron chi connectivity index (χ1n) is 6.06. The Bertz CT molecular complexity index is 646. The fourth-order valence-electron chi connectivity index (χ4n) is 1.49. The average Bonchev–Trinajstić information content (AvgIpc) is 2.45. The van der Waals surface area contributed by atoms with Gasteiger partial charge in [0.1, 0.15) is 0 Å². The third kappa shape index (κ3) is 4.12. The van der Waals surface area contributed by atoms with E-state index in [1.54, 1.807) is 43.3 Å². The van der Waals surface area contributed by atoms with Crippen molar-refractivity contribution < 1.29 is 9.53 Å². The average molecular weight is 352 g/mol. The van der Waals surface area contributed by atoms with Crippen molar-refractivity contribution in [3.05, 3.63) is 40.1 Å². The quantitative estimate of drug-likeness (QED) is 0.836. The Morgan fingerprint density at radius 2 is 1.90 bits per heavy atom. The van der Waals surface area contributed by atoms with Gasteiger partial charge in [0.15, 0.2) is 12.4 Å². The summed E-state index contributed by atoms with van der Waals surface area (Å²) in [7, 11) is 3.57. The lowest BCUT2D eigenvalue weighted by molar-refractivity contribution is 0.0462. The van der Waals surface area contributed by atoms with Crippen LogP contribution >= 0.6 is 15.9 Å². The number of esters is 1. The van der Waals surface area contributed by atoms with Gasteiger partial charge in [0.05, 0.1) is 5.56 Å². The molecule has 110 valence electrons. The number of carbonyl (C=O) groups excluding carboxylic acids is 1. The zero-order valence-corrected chi connectivity index (χ0v) is 13.2. The van der Waals surface area contributed by atoms with Crippen molar-refractivity contribution in [1.82, 2.24) is 15.0 Å². The molecule has 0 radical (unpaired) electrons. The smallest absolute Gasteiger partial charge is 0.338 e. The molecule has 8 heteroatoms. The van der Waals surface area contributed by atoms with E-state index in [2.05, 4.69) is 30.9 Å². The highest BCUT2D eigenvalue weighted by Crippen LogP contribution is 2.12. The number of nitrogens with two attached hydrogens (primary N) is 1. The minimum atomic E-state index is -0.451. The van der Waals surface area contributed by atoms with E-state index in [-0.39, 0.29) is 12.6 Å². The molecule has 0 saturated carbocycles. The number of aromatic nitrogens is 3. The Labute approximate surface area is 130 Å². The first-order chi connectivity index (χ1) is 9.95. The van der Waals surface area contributed by atoms with E-state index >= 15 is 0 Å². The van der Waals surface area contributed by atoms with Gasteiger partial charge in [-0.1, -0.05) is 15.9 Å². The van der Waals surface area contributed by atoms with Crippen LogP contribution in [-0.2, 0) is 11.3 Å². The summed E-state index contributed by atoms with van der Waals surface area (Å²) < 4.78 is 6.05. The minimum absolute atomic E-state index is 0.0670. The number of nitrogens with zero attached hydrogens (tertiary/aromatic N) is 4. The van der Waals surface area contributed by atoms with Crippen molar-refractivity contribution in [2.45, 2.75) is 6.61 Å². The largest absolute Gasteiger partial charge is 0.454 e. The van der Waals surface area contributed by atoms with Gasteiger partial charge >= 0.3 is 5.97 Å². The lowest BCUT2D eigenvalue weighted by atomic mass is 10.2. The predicted octanol–water partition coefficient (Wildman–Crippen LogP) is 1.64. The van der Waals surface area contributed by atoms with Crippen molar-refractivity contribution in [2.24, 2.45) is 0 Å². The molecule has 0 aliphatic carbocycles. The number of anilines is 2. The Morgan fingerprint density at radius 3 is 2.52 bits per heavy atom. The topological polar surface area (TPSA) is 94.2 Å². The molecule has 0 bridgehead atoms. The van der Waals surface area contributed by atoms with Gasteiger partial charge in [0.2, 0.25) is 11.9 Å². The van der Waals surface area contributed by atoms with Crippen LogP contribution in [0.3, 0.4) is 0 Å². The maximum Gasteiger partial charge on any atom is 0.338 e. The molecule has 1 aromatic carbocycles. The third-order valence-electron chi connectivity index (χ3n) is 2.50. The second-order valence-corrected chi connectivity index (χ2v) is 5.30. The molecular formula is C13H14BrN5O2. The zero-order valence-electron chi connectivity index (χ0n) is 11.6. The normalized spacial score (nSPS) is 10.2. The van der Waals surface area contributed by atoms with Crippen LogP contribution in [0.25, 0.3) is 0 Å². The molecule has 21 heavy (non-hydrogen) atoms. The van der Waals surface area contributed by atoms with E-state index in [9.17, 15) is 4.79 Å². The number of nitrogen functional groups attached to an aromatic ring is 1. The molecule has 2 rings (SSSR count). The zero-order chi connectivity index (χ0) is 15.4. The van der Waals surface area contributed by atoms with Gasteiger partial charge in [-0.25, -0.2) is 4.79 Å². The fraction of sp³-hybridized carbons (Fsp3) is 0.231. The van der Waals surface area contributed by atoms with E-state index in [4.69, 9.17) is 10.5 Å². The van der Waals surface area contributed by atoms with Crippen molar-refractivity contribution in [1.29, 1.82) is 0 Å². The van der Waals surface area contributed by atoms with Crippen molar-refractivity contribution in [2.75, 3.05) is 24.7 Å². The third-order valence-corrected chi connectivity index (χ3v) is 3.03. The number of hydrogen-bond donors (Lipinski definition) is 1. The van der Waals surface area contributed by atoms with E-state index < -0.39 is 5.97 Å². The molecule has 0 aliphatic heterocycles. The molecule has 0 saturated heterocycles. The van der Waals surface area contributed by atoms with Crippen LogP contribution in [-0.4, -0.2) is 35.0 Å². The Kier molecular flexibility index (Phi) is 4.69. The van der Waals surface area contributed by atoms with Crippen molar-refractivity contribution in [3.8, 4) is 0 Å². The van der Waals surface area contributed by atoms with E-state index in [0.29, 0.717) is 17.3 Å². The summed E-state index contributed by atoms with van der Waals surface area (Å²) in [5.41, 5.74) is 6.05. The Morgan fingerprint density at radius 1 is 1.24 bits per heavy atom. The van der Waals surface area contributed by atoms with Gasteiger partial charge < -0.3 is 15.4 Å². The lowest BCUT2D eigenvalue weighted by Gasteiger charge is -2.11. The van der Waals surface area contributed by atoms with Crippen molar-refractivity contribution in [3.63, 3.8) is 0 Å². The molecule has 2 N–H and O–H groups in total. The van der Waals surface area contributed by atoms with Gasteiger partial charge in [-0.05, 0) is 24.3 Å². The summed E-state index contributed by atoms with van der Waals surface area (Å²) in [5, 5.41) is 0. The molecule has 1 heterocycles. The highest BCUT2D eigenvalue weighted by molar-refractivity contribution is 9.10. The highest BCUT2D eigenvalue weighted by atomic mass is 79.9. The van der Waals surface area contributed by atoms with Crippen molar-refractivity contribution >= 4 is 33.8 Å². The first-order valence-corrected chi connectivity index (χ1v) is 6.85. The SMILES string of the molecule is CN(C)c1nc(N)nc(COC(=O)c2ccc(Br)cc2)n1. The molecule has 0 unspecified atom stereocenters. The van der Waals surface area contributed by atoms with Gasteiger partial charge in [-0.2, -0.15) is 15.0 Å². The van der Waals surface area contributed by atoms with Crippen LogP contribution < -0.4 is 10.6 Å². The van der Waals surface area contributed by atoms with E-state index in [1.165, 1.54) is 0 Å². The molecule has 7 nitrogen and oxygen atoms in total. The van der Waals surface area contributed by atoms with Crippen LogP contribution in [0, 0.1) is 0 Å². The predicted molar refractivity (Wildman–Crippen MR) is 81.8 cm³/mol. The number of rotatable bonds is 4. The second-order valence-electron chi connectivity index (χ2n) is 4.39. The summed E-state index contributed by atoms with van der Waals surface area (Å²) in [5.74, 6) is 0.352. The molecular weight excluding hydrogens is 338 g/mol. The van der Waals surface area contributed by atoms with Gasteiger partial charge in [0.25, 0.3) is 0 Å². The molecule has 0 amide bonds. The molecule has 0 spiro atoms. The Hall–Kier alpha value is -2.22. The summed E-state index contributed by atoms with van der Waals surface area (Å²) in [6, 6.07) is 6.86. The van der Waals surface area contributed by atoms with Crippen LogP contribution in [0.1, 0.15) is 16.2 Å². The van der Waals surface area contributed by atoms with Gasteiger partial charge in [-0.3, -0.25) is 0 Å². The lowest BCUT2D eigenvalue weighted by Crippen LogP contribution is -2.17. The maximum atomic E-state index is 11.9. The summed E-state index contributed by atoms with van der Waals surface area (Å²) in [6.07, 6.45) is 0. The molecule has 0 atom stereocenters. The number of hydrogen-bond acceptors (Lipinski definition) is 7. The first kappa shape index (κ1) is 15.2. The number of halogens is 1. The van der Waals surface area contributed by atoms with Crippen LogP contribution in [0.5, 0.6) is 0 Å². The second kappa shape index (κ2) is 6.49. The van der Waals surface area contributed by atoms with Crippen LogP contribution in [0.15, 0.2) is 28.7 Å². The van der Waals surface area contributed by atoms with Gasteiger partial charge in [-0.15, -0.1) is 0 Å². The van der Waals surface area contributed by atoms with E-state index in [1.807, 2.05) is 0 Å². The number of benzene rings is 1. The van der Waals surface area contributed by atoms with E-state index in [0.717, 1.165) is 4.47 Å². The highest BCUT2D eigenvalue weighted by Gasteiger charge is 2.11. The fourth-order valence-corrected chi connectivity index (χ4v) is 1.75. The summed E-state index contributed by atoms with van der Waals surface area (Å²) >= 11 is 3.30. The molecule has 2 aromatic rings. The number of carbonyl (C=O) groups is 1. The molecule has 1 aromatic heterocycles. The van der Waals surface area contributed by atoms with Crippen LogP contribution in [0.2, 0.25) is 0 Å². The summed E-state index contributed by atoms with van der Waals surface area (Å²) in [6.45, 7) is -0.0670. The Balaban J connectivity index is 2.05. The molecule has 0 aliphatic rings. The minimum Gasteiger partial charge on any atom is -0.454 e. The standard InChI is InChI=1S/C13H14BrN5O2/c1-19(2)13-17-10(16-12(15)18-13)7-21-11(20)8-3-5-9(14)6-4-8/h3-6H,7H2,1-2H3,(H2,15,16,17,18). The maximum absolute atomic E-state index is 11.9. The van der Waals surface area contributed by atoms with Crippen LogP contribution in [0.4, 0.5) is 11.9 Å². The monoisotopic (exact) mass is 351 g/mol. The van der Waals surface area contributed by atoms with Gasteiger partial charge in [0, 0.05) is 18.6 Å².